The fourth-order valence-corrected chi connectivity index (χ4v) is 5.49. The minimum Gasteiger partial charge on any atom is -0.497 e. The zero-order valence-corrected chi connectivity index (χ0v) is 22.9. The summed E-state index contributed by atoms with van der Waals surface area (Å²) in [6.07, 6.45) is 2.64. The van der Waals surface area contributed by atoms with E-state index in [4.69, 9.17) is 30.9 Å². The van der Waals surface area contributed by atoms with Crippen LogP contribution < -0.4 is 14.2 Å². The van der Waals surface area contributed by atoms with Gasteiger partial charge in [-0.25, -0.2) is 8.91 Å². The van der Waals surface area contributed by atoms with E-state index in [-0.39, 0.29) is 18.1 Å². The zero-order valence-electron chi connectivity index (χ0n) is 22.1. The molecule has 5 aromatic rings. The van der Waals surface area contributed by atoms with Crippen LogP contribution in [0, 0.1) is 5.82 Å². The van der Waals surface area contributed by atoms with Crippen LogP contribution in [0.4, 0.5) is 4.39 Å². The Balaban J connectivity index is 1.56. The van der Waals surface area contributed by atoms with Crippen molar-refractivity contribution < 1.29 is 23.4 Å². The van der Waals surface area contributed by atoms with Crippen molar-refractivity contribution in [1.29, 1.82) is 0 Å². The number of hydrogen-bond acceptors (Lipinski definition) is 5. The van der Waals surface area contributed by atoms with E-state index in [1.807, 2.05) is 24.3 Å². The molecule has 7 nitrogen and oxygen atoms in total. The number of aromatic nitrogens is 3. The van der Waals surface area contributed by atoms with E-state index >= 15 is 0 Å². The van der Waals surface area contributed by atoms with Gasteiger partial charge in [-0.1, -0.05) is 35.9 Å². The summed E-state index contributed by atoms with van der Waals surface area (Å²) in [7, 11) is 3.09. The van der Waals surface area contributed by atoms with Gasteiger partial charge in [0.15, 0.2) is 17.4 Å². The number of para-hydroxylation sites is 1. The van der Waals surface area contributed by atoms with Crippen molar-refractivity contribution in [3.63, 3.8) is 0 Å². The van der Waals surface area contributed by atoms with Crippen molar-refractivity contribution in [1.82, 2.24) is 14.2 Å². The monoisotopic (exact) mass is 559 g/mol. The number of ketones is 1. The summed E-state index contributed by atoms with van der Waals surface area (Å²) in [6.45, 7) is 0.758. The molecule has 2 aromatic heterocycles. The predicted molar refractivity (Wildman–Crippen MR) is 150 cm³/mol. The van der Waals surface area contributed by atoms with E-state index in [1.165, 1.54) is 13.2 Å². The highest BCUT2D eigenvalue weighted by Gasteiger charge is 2.32. The van der Waals surface area contributed by atoms with Crippen LogP contribution in [-0.2, 0) is 19.6 Å². The van der Waals surface area contributed by atoms with Gasteiger partial charge in [0, 0.05) is 28.8 Å². The summed E-state index contributed by atoms with van der Waals surface area (Å²) >= 11 is 6.22. The van der Waals surface area contributed by atoms with Crippen molar-refractivity contribution in [3.8, 4) is 28.4 Å². The van der Waals surface area contributed by atoms with Crippen molar-refractivity contribution in [3.05, 3.63) is 100 Å². The topological polar surface area (TPSA) is 67.0 Å². The van der Waals surface area contributed by atoms with E-state index in [9.17, 15) is 9.18 Å². The summed E-state index contributed by atoms with van der Waals surface area (Å²) < 4.78 is 34.9. The molecule has 0 N–H and O–H groups in total. The second kappa shape index (κ2) is 10.7. The van der Waals surface area contributed by atoms with Crippen molar-refractivity contribution in [2.24, 2.45) is 0 Å². The summed E-state index contributed by atoms with van der Waals surface area (Å²) in [5.74, 6) is 1.07. The van der Waals surface area contributed by atoms with Crippen LogP contribution in [0.2, 0.25) is 5.02 Å². The third kappa shape index (κ3) is 4.48. The fourth-order valence-electron chi connectivity index (χ4n) is 5.37. The Kier molecular flexibility index (Phi) is 6.94. The molecule has 0 unspecified atom stereocenters. The first-order valence-electron chi connectivity index (χ1n) is 13.0. The molecule has 204 valence electrons. The molecule has 3 aromatic carbocycles. The molecule has 6 rings (SSSR count). The zero-order chi connectivity index (χ0) is 27.8. The molecule has 40 heavy (non-hydrogen) atoms. The van der Waals surface area contributed by atoms with Gasteiger partial charge in [0.2, 0.25) is 5.78 Å². The van der Waals surface area contributed by atoms with E-state index < -0.39 is 5.82 Å². The van der Waals surface area contributed by atoms with Crippen LogP contribution in [0.3, 0.4) is 0 Å². The molecule has 3 heterocycles. The summed E-state index contributed by atoms with van der Waals surface area (Å²) in [4.78, 5) is 14.4. The number of rotatable bonds is 8. The summed E-state index contributed by atoms with van der Waals surface area (Å²) in [5, 5.41) is 5.50. The standard InChI is InChI=1S/C31H27ClFN3O4/c1-38-21-14-15-22(26(17-21)39-2)30(37)29-28(19-10-12-20(32)13-11-19)23-7-5-6-16-35-27(34-36(29)31(23)35)18-40-25-9-4-3-8-24(25)33/h3-4,8-15,17H,5-7,16,18H2,1-2H3. The molecule has 0 bridgehead atoms. The molecule has 9 heteroatoms. The van der Waals surface area contributed by atoms with Gasteiger partial charge in [-0.2, -0.15) is 0 Å². The van der Waals surface area contributed by atoms with Crippen LogP contribution >= 0.6 is 11.6 Å². The van der Waals surface area contributed by atoms with Gasteiger partial charge in [-0.3, -0.25) is 4.79 Å². The van der Waals surface area contributed by atoms with Crippen molar-refractivity contribution in [2.75, 3.05) is 14.2 Å². The quantitative estimate of drug-likeness (QED) is 0.197. The largest absolute Gasteiger partial charge is 0.497 e. The summed E-state index contributed by atoms with van der Waals surface area (Å²) in [5.41, 5.74) is 4.37. The first-order chi connectivity index (χ1) is 19.5. The molecular weight excluding hydrogens is 533 g/mol. The van der Waals surface area contributed by atoms with Gasteiger partial charge >= 0.3 is 0 Å². The first kappa shape index (κ1) is 26.0. The van der Waals surface area contributed by atoms with Crippen molar-refractivity contribution >= 4 is 23.0 Å². The number of carbonyl (C=O) groups is 1. The lowest BCUT2D eigenvalue weighted by molar-refractivity contribution is 0.103. The number of ether oxygens (including phenoxy) is 3. The number of benzene rings is 3. The highest BCUT2D eigenvalue weighted by atomic mass is 35.5. The number of carbonyl (C=O) groups excluding carboxylic acids is 1. The summed E-state index contributed by atoms with van der Waals surface area (Å²) in [6, 6.07) is 18.9. The Hall–Kier alpha value is -4.30. The Bertz CT molecular complexity index is 1730. The molecule has 0 fully saturated rings. The Morgan fingerprint density at radius 2 is 1.80 bits per heavy atom. The molecule has 0 saturated heterocycles. The van der Waals surface area contributed by atoms with Crippen LogP contribution in [0.25, 0.3) is 16.8 Å². The van der Waals surface area contributed by atoms with E-state index in [0.29, 0.717) is 40.1 Å². The minimum atomic E-state index is -0.440. The highest BCUT2D eigenvalue weighted by Crippen LogP contribution is 2.39. The predicted octanol–water partition coefficient (Wildman–Crippen LogP) is 6.76. The van der Waals surface area contributed by atoms with Crippen LogP contribution in [-0.4, -0.2) is 34.2 Å². The molecule has 0 saturated carbocycles. The van der Waals surface area contributed by atoms with Crippen LogP contribution in [0.1, 0.15) is 40.3 Å². The maximum Gasteiger partial charge on any atom is 0.215 e. The maximum atomic E-state index is 14.4. The fraction of sp³-hybridized carbons (Fsp3) is 0.226. The first-order valence-corrected chi connectivity index (χ1v) is 13.4. The Morgan fingerprint density at radius 3 is 2.55 bits per heavy atom. The minimum absolute atomic E-state index is 0.0534. The van der Waals surface area contributed by atoms with E-state index in [2.05, 4.69) is 4.57 Å². The third-order valence-electron chi connectivity index (χ3n) is 7.26. The van der Waals surface area contributed by atoms with Gasteiger partial charge in [0.1, 0.15) is 29.4 Å². The molecule has 1 aliphatic heterocycles. The second-order valence-electron chi connectivity index (χ2n) is 9.58. The average Bonchev–Trinajstić information content (AvgIpc) is 3.38. The van der Waals surface area contributed by atoms with Crippen LogP contribution in [0.15, 0.2) is 66.7 Å². The number of aryl methyl sites for hydroxylation is 2. The van der Waals surface area contributed by atoms with Gasteiger partial charge < -0.3 is 18.8 Å². The van der Waals surface area contributed by atoms with E-state index in [0.717, 1.165) is 41.6 Å². The Labute approximate surface area is 235 Å². The van der Waals surface area contributed by atoms with Gasteiger partial charge in [0.25, 0.3) is 0 Å². The highest BCUT2D eigenvalue weighted by molar-refractivity contribution is 6.30. The van der Waals surface area contributed by atoms with Gasteiger partial charge in [-0.15, -0.1) is 5.10 Å². The number of nitrogens with zero attached hydrogens (tertiary/aromatic N) is 3. The number of methoxy groups -OCH3 is 2. The molecule has 0 aliphatic carbocycles. The normalized spacial score (nSPS) is 12.8. The molecule has 0 atom stereocenters. The SMILES string of the molecule is COc1ccc(C(=O)c2c(-c3ccc(Cl)cc3)c3c4n(c(COc5ccccc5F)nn24)CCCC3)c(OC)c1. The van der Waals surface area contributed by atoms with Crippen molar-refractivity contribution in [2.45, 2.75) is 32.4 Å². The second-order valence-corrected chi connectivity index (χ2v) is 10.0. The lowest BCUT2D eigenvalue weighted by Crippen LogP contribution is -2.10. The van der Waals surface area contributed by atoms with E-state index in [1.54, 1.807) is 48.0 Å². The lowest BCUT2D eigenvalue weighted by Gasteiger charge is -2.12. The molecule has 0 spiro atoms. The number of hydrogen-bond donors (Lipinski definition) is 0. The lowest BCUT2D eigenvalue weighted by atomic mass is 9.94. The van der Waals surface area contributed by atoms with Gasteiger partial charge in [-0.05, 0) is 61.2 Å². The Morgan fingerprint density at radius 1 is 1.00 bits per heavy atom. The average molecular weight is 560 g/mol. The number of halogens is 2. The smallest absolute Gasteiger partial charge is 0.215 e. The molecular formula is C31H27ClFN3O4. The molecule has 1 aliphatic rings. The third-order valence-corrected chi connectivity index (χ3v) is 7.51. The molecule has 0 radical (unpaired) electrons. The maximum absolute atomic E-state index is 14.4. The molecule has 0 amide bonds. The van der Waals surface area contributed by atoms with Gasteiger partial charge in [0.05, 0.1) is 19.8 Å². The van der Waals surface area contributed by atoms with Crippen LogP contribution in [0.5, 0.6) is 17.2 Å².